The molecule has 4 aromatic carbocycles. The van der Waals surface area contributed by atoms with Crippen LogP contribution in [0.25, 0.3) is 6.08 Å². The third kappa shape index (κ3) is 6.64. The van der Waals surface area contributed by atoms with E-state index in [4.69, 9.17) is 14.2 Å². The molecule has 5 rings (SSSR count). The predicted molar refractivity (Wildman–Crippen MR) is 155 cm³/mol. The zero-order chi connectivity index (χ0) is 29.5. The number of ether oxygens (including phenoxy) is 3. The number of anilines is 1. The predicted octanol–water partition coefficient (Wildman–Crippen LogP) is 6.05. The average Bonchev–Trinajstić information content (AvgIpc) is 3.00. The molecule has 212 valence electrons. The van der Waals surface area contributed by atoms with Gasteiger partial charge in [-0.25, -0.2) is 14.1 Å². The van der Waals surface area contributed by atoms with Crippen molar-refractivity contribution in [1.82, 2.24) is 5.32 Å². The Morgan fingerprint density at radius 3 is 2.19 bits per heavy atom. The first-order valence-electron chi connectivity index (χ1n) is 13.2. The van der Waals surface area contributed by atoms with Crippen LogP contribution in [-0.4, -0.2) is 24.5 Å². The molecule has 1 aliphatic heterocycles. The molecular formula is C33H27FN2O6. The Labute approximate surface area is 241 Å². The van der Waals surface area contributed by atoms with Crippen LogP contribution in [0.4, 0.5) is 14.9 Å². The van der Waals surface area contributed by atoms with Crippen molar-refractivity contribution in [1.29, 1.82) is 0 Å². The minimum absolute atomic E-state index is 0.143. The van der Waals surface area contributed by atoms with E-state index in [0.717, 1.165) is 28.2 Å². The van der Waals surface area contributed by atoms with E-state index in [-0.39, 0.29) is 17.9 Å². The second kappa shape index (κ2) is 12.8. The molecule has 0 bridgehead atoms. The second-order valence-electron chi connectivity index (χ2n) is 9.28. The number of nitrogens with zero attached hydrogens (tertiary/aromatic N) is 1. The number of benzene rings is 4. The maximum absolute atomic E-state index is 13.3. The number of nitrogens with one attached hydrogen (secondary N) is 1. The van der Waals surface area contributed by atoms with E-state index in [2.05, 4.69) is 5.32 Å². The number of imide groups is 2. The summed E-state index contributed by atoms with van der Waals surface area (Å²) in [6, 6.07) is 26.2. The van der Waals surface area contributed by atoms with E-state index in [1.165, 1.54) is 18.2 Å². The molecule has 0 unspecified atom stereocenters. The van der Waals surface area contributed by atoms with Gasteiger partial charge in [0.15, 0.2) is 11.5 Å². The lowest BCUT2D eigenvalue weighted by molar-refractivity contribution is -0.122. The molecule has 0 spiro atoms. The highest BCUT2D eigenvalue weighted by molar-refractivity contribution is 6.39. The molecule has 1 N–H and O–H groups in total. The van der Waals surface area contributed by atoms with E-state index in [0.29, 0.717) is 36.0 Å². The first-order chi connectivity index (χ1) is 20.4. The second-order valence-corrected chi connectivity index (χ2v) is 9.28. The van der Waals surface area contributed by atoms with Crippen molar-refractivity contribution in [2.45, 2.75) is 20.1 Å². The van der Waals surface area contributed by atoms with Gasteiger partial charge >= 0.3 is 6.03 Å². The Morgan fingerprint density at radius 1 is 0.762 bits per heavy atom. The molecule has 4 amide bonds. The van der Waals surface area contributed by atoms with Gasteiger partial charge in [0.2, 0.25) is 0 Å². The minimum Gasteiger partial charge on any atom is -0.490 e. The number of carbonyl (C=O) groups is 3. The van der Waals surface area contributed by atoms with Crippen LogP contribution in [0.1, 0.15) is 23.6 Å². The monoisotopic (exact) mass is 566 g/mol. The van der Waals surface area contributed by atoms with Crippen LogP contribution < -0.4 is 24.4 Å². The lowest BCUT2D eigenvalue weighted by Gasteiger charge is -2.26. The van der Waals surface area contributed by atoms with Crippen LogP contribution in [0, 0.1) is 5.82 Å². The smallest absolute Gasteiger partial charge is 0.335 e. The highest BCUT2D eigenvalue weighted by atomic mass is 19.1. The Bertz CT molecular complexity index is 1620. The van der Waals surface area contributed by atoms with Gasteiger partial charge in [-0.1, -0.05) is 48.5 Å². The summed E-state index contributed by atoms with van der Waals surface area (Å²) in [5.74, 6) is -0.302. The Balaban J connectivity index is 1.24. The van der Waals surface area contributed by atoms with Crippen LogP contribution in [-0.2, 0) is 22.8 Å². The number of urea groups is 1. The molecule has 9 heteroatoms. The van der Waals surface area contributed by atoms with Crippen LogP contribution in [0.15, 0.2) is 103 Å². The van der Waals surface area contributed by atoms with Gasteiger partial charge in [-0.3, -0.25) is 14.9 Å². The Morgan fingerprint density at radius 2 is 1.48 bits per heavy atom. The van der Waals surface area contributed by atoms with Crippen molar-refractivity contribution in [2.75, 3.05) is 11.5 Å². The standard InChI is InChI=1S/C33H27FN2O6/c1-2-40-30-19-24(10-17-29(30)42-20-23-6-4-3-5-7-23)21-41-27-15-8-22(9-16-27)18-28-31(37)35-33(39)36(32(28)38)26-13-11-25(34)12-14-26/h3-19H,2,20-21H2,1H3,(H,35,37,39)/b28-18+. The van der Waals surface area contributed by atoms with Crippen LogP contribution in [0.2, 0.25) is 0 Å². The van der Waals surface area contributed by atoms with Crippen molar-refractivity contribution in [3.8, 4) is 17.2 Å². The molecule has 0 aromatic heterocycles. The molecule has 1 saturated heterocycles. The van der Waals surface area contributed by atoms with E-state index in [9.17, 15) is 18.8 Å². The molecule has 1 heterocycles. The summed E-state index contributed by atoms with van der Waals surface area (Å²) in [5.41, 5.74) is 2.40. The van der Waals surface area contributed by atoms with Gasteiger partial charge in [0.25, 0.3) is 11.8 Å². The summed E-state index contributed by atoms with van der Waals surface area (Å²) < 4.78 is 31.0. The Kier molecular flexibility index (Phi) is 8.58. The molecule has 0 atom stereocenters. The summed E-state index contributed by atoms with van der Waals surface area (Å²) in [6.07, 6.45) is 1.38. The fraction of sp³-hybridized carbons (Fsp3) is 0.121. The number of barbiturate groups is 1. The van der Waals surface area contributed by atoms with E-state index in [1.54, 1.807) is 24.3 Å². The molecule has 0 radical (unpaired) electrons. The van der Waals surface area contributed by atoms with Crippen molar-refractivity contribution < 1.29 is 33.0 Å². The van der Waals surface area contributed by atoms with Crippen LogP contribution in [0.5, 0.6) is 17.2 Å². The van der Waals surface area contributed by atoms with Crippen molar-refractivity contribution in [3.05, 3.63) is 125 Å². The maximum atomic E-state index is 13.3. The Hall–Kier alpha value is -5.44. The molecule has 1 aliphatic rings. The lowest BCUT2D eigenvalue weighted by atomic mass is 10.1. The van der Waals surface area contributed by atoms with E-state index >= 15 is 0 Å². The zero-order valence-electron chi connectivity index (χ0n) is 22.7. The largest absolute Gasteiger partial charge is 0.490 e. The van der Waals surface area contributed by atoms with Gasteiger partial charge in [-0.2, -0.15) is 0 Å². The number of amides is 4. The summed E-state index contributed by atoms with van der Waals surface area (Å²) in [5, 5.41) is 2.15. The summed E-state index contributed by atoms with van der Waals surface area (Å²) >= 11 is 0. The number of rotatable bonds is 10. The normalized spacial score (nSPS) is 14.1. The van der Waals surface area contributed by atoms with Gasteiger partial charge in [0.1, 0.15) is 30.4 Å². The summed E-state index contributed by atoms with van der Waals surface area (Å²) in [4.78, 5) is 38.6. The molecule has 42 heavy (non-hydrogen) atoms. The molecule has 0 saturated carbocycles. The highest BCUT2D eigenvalue weighted by Gasteiger charge is 2.36. The SMILES string of the molecule is CCOc1cc(COc2ccc(/C=C3\C(=O)NC(=O)N(c4ccc(F)cc4)C3=O)cc2)ccc1OCc1ccccc1. The molecule has 0 aliphatic carbocycles. The fourth-order valence-corrected chi connectivity index (χ4v) is 4.24. The third-order valence-electron chi connectivity index (χ3n) is 6.33. The van der Waals surface area contributed by atoms with E-state index < -0.39 is 23.7 Å². The number of hydrogen-bond donors (Lipinski definition) is 1. The first kappa shape index (κ1) is 28.1. The number of hydrogen-bond acceptors (Lipinski definition) is 6. The fourth-order valence-electron chi connectivity index (χ4n) is 4.24. The van der Waals surface area contributed by atoms with Crippen molar-refractivity contribution in [3.63, 3.8) is 0 Å². The van der Waals surface area contributed by atoms with Crippen molar-refractivity contribution >= 4 is 29.6 Å². The quantitative estimate of drug-likeness (QED) is 0.186. The maximum Gasteiger partial charge on any atom is 0.335 e. The topological polar surface area (TPSA) is 94.2 Å². The summed E-state index contributed by atoms with van der Waals surface area (Å²) in [7, 11) is 0. The van der Waals surface area contributed by atoms with Crippen LogP contribution in [0.3, 0.4) is 0 Å². The molecular weight excluding hydrogens is 539 g/mol. The van der Waals surface area contributed by atoms with E-state index in [1.807, 2.05) is 55.5 Å². The van der Waals surface area contributed by atoms with Crippen molar-refractivity contribution in [2.24, 2.45) is 0 Å². The third-order valence-corrected chi connectivity index (χ3v) is 6.33. The molecule has 1 fully saturated rings. The van der Waals surface area contributed by atoms with Gasteiger partial charge in [0.05, 0.1) is 12.3 Å². The van der Waals surface area contributed by atoms with Gasteiger partial charge in [-0.05, 0) is 78.2 Å². The zero-order valence-corrected chi connectivity index (χ0v) is 22.7. The van der Waals surface area contributed by atoms with Gasteiger partial charge in [0, 0.05) is 0 Å². The van der Waals surface area contributed by atoms with Crippen LogP contribution >= 0.6 is 0 Å². The minimum atomic E-state index is -0.902. The first-order valence-corrected chi connectivity index (χ1v) is 13.2. The lowest BCUT2D eigenvalue weighted by Crippen LogP contribution is -2.54. The number of halogens is 1. The molecule has 8 nitrogen and oxygen atoms in total. The van der Waals surface area contributed by atoms with Gasteiger partial charge in [-0.15, -0.1) is 0 Å². The average molecular weight is 567 g/mol. The summed E-state index contributed by atoms with van der Waals surface area (Å²) in [6.45, 7) is 3.09. The molecule has 4 aromatic rings. The number of carbonyl (C=O) groups excluding carboxylic acids is 3. The highest BCUT2D eigenvalue weighted by Crippen LogP contribution is 2.30. The van der Waals surface area contributed by atoms with Gasteiger partial charge < -0.3 is 14.2 Å².